The van der Waals surface area contributed by atoms with Gasteiger partial charge in [0.05, 0.1) is 23.1 Å². The first-order valence-electron chi connectivity index (χ1n) is 10.2. The summed E-state index contributed by atoms with van der Waals surface area (Å²) in [5, 5.41) is 7.38. The molecule has 1 aliphatic carbocycles. The molecule has 1 aromatic carbocycles. The molecule has 1 aromatic heterocycles. The van der Waals surface area contributed by atoms with Crippen LogP contribution in [0.1, 0.15) is 43.1 Å². The molecule has 1 heterocycles. The smallest absolute Gasteiger partial charge is 0.273 e. The van der Waals surface area contributed by atoms with Crippen molar-refractivity contribution in [1.29, 1.82) is 0 Å². The van der Waals surface area contributed by atoms with Gasteiger partial charge in [-0.2, -0.15) is 5.10 Å². The molecule has 0 spiro atoms. The van der Waals surface area contributed by atoms with Gasteiger partial charge in [-0.25, -0.2) is 8.42 Å². The molecule has 10 heteroatoms. The minimum Gasteiger partial charge on any atom is -0.496 e. The second kappa shape index (κ2) is 9.92. The van der Waals surface area contributed by atoms with Gasteiger partial charge in [0.25, 0.3) is 5.91 Å². The lowest BCUT2D eigenvalue weighted by molar-refractivity contribution is 0.0938. The number of amides is 1. The maximum atomic E-state index is 12.8. The van der Waals surface area contributed by atoms with Crippen LogP contribution < -0.4 is 10.1 Å². The molecule has 0 radical (unpaired) electrons. The number of aryl methyl sites for hydroxylation is 1. The molecule has 0 bridgehead atoms. The first-order valence-corrected chi connectivity index (χ1v) is 13.4. The van der Waals surface area contributed by atoms with Crippen LogP contribution in [-0.4, -0.2) is 49.3 Å². The van der Waals surface area contributed by atoms with Crippen molar-refractivity contribution in [1.82, 2.24) is 15.1 Å². The second-order valence-corrected chi connectivity index (χ2v) is 11.5. The third kappa shape index (κ3) is 5.43. The predicted molar refractivity (Wildman–Crippen MR) is 126 cm³/mol. The molecule has 0 saturated heterocycles. The van der Waals surface area contributed by atoms with E-state index < -0.39 is 9.84 Å². The van der Waals surface area contributed by atoms with E-state index in [0.29, 0.717) is 37.4 Å². The Morgan fingerprint density at radius 1 is 1.32 bits per heavy atom. The summed E-state index contributed by atoms with van der Waals surface area (Å²) in [5.74, 6) is 0.542. The number of nitrogens with one attached hydrogen (secondary N) is 1. The first-order chi connectivity index (χ1) is 14.7. The highest BCUT2D eigenvalue weighted by molar-refractivity contribution is 9.10. The van der Waals surface area contributed by atoms with Crippen molar-refractivity contribution in [3.63, 3.8) is 0 Å². The maximum absolute atomic E-state index is 12.8. The van der Waals surface area contributed by atoms with Crippen LogP contribution in [0.3, 0.4) is 0 Å². The predicted octanol–water partition coefficient (Wildman–Crippen LogP) is 4.33. The number of hydrogen-bond donors (Lipinski definition) is 1. The number of ether oxygens (including phenoxy) is 1. The number of nitrogens with zero attached hydrogens (tertiary/aromatic N) is 2. The fraction of sp³-hybridized carbons (Fsp3) is 0.524. The molecular formula is C21H27BrClN3O4S. The van der Waals surface area contributed by atoms with Crippen LogP contribution in [0.25, 0.3) is 11.3 Å². The number of hydrogen-bond acceptors (Lipinski definition) is 5. The highest BCUT2D eigenvalue weighted by atomic mass is 79.9. The normalized spacial score (nSPS) is 19.3. The average Bonchev–Trinajstić information content (AvgIpc) is 3.07. The molecule has 31 heavy (non-hydrogen) atoms. The highest BCUT2D eigenvalue weighted by Gasteiger charge is 2.29. The molecule has 0 aliphatic heterocycles. The number of rotatable bonds is 7. The van der Waals surface area contributed by atoms with Gasteiger partial charge in [-0.15, -0.1) is 0 Å². The van der Waals surface area contributed by atoms with E-state index in [9.17, 15) is 13.2 Å². The van der Waals surface area contributed by atoms with Crippen LogP contribution in [0.5, 0.6) is 5.75 Å². The summed E-state index contributed by atoms with van der Waals surface area (Å²) in [6.07, 6.45) is 4.12. The monoisotopic (exact) mass is 531 g/mol. The van der Waals surface area contributed by atoms with Crippen molar-refractivity contribution in [2.24, 2.45) is 5.92 Å². The Kier molecular flexibility index (Phi) is 7.70. The van der Waals surface area contributed by atoms with Gasteiger partial charge < -0.3 is 10.1 Å². The highest BCUT2D eigenvalue weighted by Crippen LogP contribution is 2.38. The zero-order valence-corrected chi connectivity index (χ0v) is 21.0. The van der Waals surface area contributed by atoms with E-state index in [4.69, 9.17) is 16.3 Å². The van der Waals surface area contributed by atoms with Gasteiger partial charge in [0.15, 0.2) is 5.69 Å². The first kappa shape index (κ1) is 24.1. The third-order valence-electron chi connectivity index (χ3n) is 5.78. The van der Waals surface area contributed by atoms with Crippen molar-refractivity contribution in [2.45, 2.75) is 44.4 Å². The Balaban J connectivity index is 1.75. The van der Waals surface area contributed by atoms with E-state index in [1.165, 1.54) is 6.26 Å². The summed E-state index contributed by atoms with van der Waals surface area (Å²) >= 11 is 10.1. The zero-order chi connectivity index (χ0) is 22.8. The Hall–Kier alpha value is -1.58. The van der Waals surface area contributed by atoms with E-state index >= 15 is 0 Å². The molecular weight excluding hydrogens is 506 g/mol. The van der Waals surface area contributed by atoms with Crippen LogP contribution in [0, 0.1) is 5.92 Å². The van der Waals surface area contributed by atoms with E-state index in [1.807, 2.05) is 25.1 Å². The Labute approximate surface area is 196 Å². The van der Waals surface area contributed by atoms with E-state index in [0.717, 1.165) is 22.9 Å². The fourth-order valence-electron chi connectivity index (χ4n) is 4.02. The van der Waals surface area contributed by atoms with E-state index in [-0.39, 0.29) is 27.8 Å². The van der Waals surface area contributed by atoms with Crippen molar-refractivity contribution in [3.8, 4) is 17.0 Å². The van der Waals surface area contributed by atoms with Crippen molar-refractivity contribution < 1.29 is 17.9 Å². The zero-order valence-electron chi connectivity index (χ0n) is 17.8. The molecule has 7 nitrogen and oxygen atoms in total. The van der Waals surface area contributed by atoms with Gasteiger partial charge in [-0.05, 0) is 56.7 Å². The minimum absolute atomic E-state index is 0.174. The van der Waals surface area contributed by atoms with Crippen molar-refractivity contribution in [3.05, 3.63) is 33.4 Å². The molecule has 1 saturated carbocycles. The maximum Gasteiger partial charge on any atom is 0.273 e. The van der Waals surface area contributed by atoms with Gasteiger partial charge in [0, 0.05) is 29.4 Å². The van der Waals surface area contributed by atoms with Crippen LogP contribution in [0.2, 0.25) is 5.02 Å². The lowest BCUT2D eigenvalue weighted by Crippen LogP contribution is -2.34. The largest absolute Gasteiger partial charge is 0.496 e. The summed E-state index contributed by atoms with van der Waals surface area (Å²) in [5.41, 5.74) is 1.56. The summed E-state index contributed by atoms with van der Waals surface area (Å²) in [6.45, 7) is 2.94. The van der Waals surface area contributed by atoms with Crippen molar-refractivity contribution in [2.75, 3.05) is 19.9 Å². The number of carbonyl (C=O) groups excluding carboxylic acids is 1. The Morgan fingerprint density at radius 2 is 2.00 bits per heavy atom. The lowest BCUT2D eigenvalue weighted by Gasteiger charge is -2.27. The van der Waals surface area contributed by atoms with Crippen LogP contribution in [0.4, 0.5) is 0 Å². The lowest BCUT2D eigenvalue weighted by atomic mass is 9.89. The topological polar surface area (TPSA) is 90.3 Å². The number of sulfone groups is 1. The number of methoxy groups -OCH3 is 1. The van der Waals surface area contributed by atoms with Crippen LogP contribution in [-0.2, 0) is 16.4 Å². The molecule has 1 aliphatic rings. The summed E-state index contributed by atoms with van der Waals surface area (Å²) in [7, 11) is -1.42. The van der Waals surface area contributed by atoms with Crippen molar-refractivity contribution >= 4 is 43.3 Å². The van der Waals surface area contributed by atoms with Crippen LogP contribution >= 0.6 is 27.5 Å². The molecule has 0 unspecified atom stereocenters. The van der Waals surface area contributed by atoms with Gasteiger partial charge in [-0.3, -0.25) is 9.48 Å². The summed E-state index contributed by atoms with van der Waals surface area (Å²) < 4.78 is 31.5. The SMILES string of the molecule is CCn1nc(C(=O)NC[C@H]2CC[C@@H](S(C)(=O)=O)CC2)c(Cl)c1-c1ccc(Br)cc1OC. The number of benzene rings is 1. The Morgan fingerprint density at radius 3 is 2.58 bits per heavy atom. The second-order valence-electron chi connectivity index (χ2n) is 7.85. The summed E-state index contributed by atoms with van der Waals surface area (Å²) in [4.78, 5) is 12.8. The standard InChI is InChI=1S/C21H27BrClN3O4S/c1-4-26-20(16-10-7-14(22)11-17(16)30-2)18(23)19(25-26)21(27)24-12-13-5-8-15(9-6-13)31(3,28)29/h7,10-11,13,15H,4-6,8-9,12H2,1-3H3,(H,24,27)/t13-,15+. The summed E-state index contributed by atoms with van der Waals surface area (Å²) in [6, 6.07) is 5.60. The minimum atomic E-state index is -3.00. The van der Waals surface area contributed by atoms with Crippen LogP contribution in [0.15, 0.2) is 22.7 Å². The van der Waals surface area contributed by atoms with Gasteiger partial charge in [0.2, 0.25) is 0 Å². The molecule has 2 aromatic rings. The molecule has 1 N–H and O–H groups in total. The van der Waals surface area contributed by atoms with Gasteiger partial charge in [-0.1, -0.05) is 27.5 Å². The van der Waals surface area contributed by atoms with E-state index in [2.05, 4.69) is 26.3 Å². The molecule has 3 rings (SSSR count). The number of carbonyl (C=O) groups is 1. The Bertz CT molecular complexity index is 1060. The third-order valence-corrected chi connectivity index (χ3v) is 8.31. The average molecular weight is 533 g/mol. The molecule has 0 atom stereocenters. The van der Waals surface area contributed by atoms with Gasteiger partial charge in [0.1, 0.15) is 15.6 Å². The van der Waals surface area contributed by atoms with Gasteiger partial charge >= 0.3 is 0 Å². The van der Waals surface area contributed by atoms with E-state index in [1.54, 1.807) is 11.8 Å². The molecule has 1 amide bonds. The quantitative estimate of drug-likeness (QED) is 0.573. The number of aromatic nitrogens is 2. The molecule has 1 fully saturated rings. The molecule has 170 valence electrons. The number of halogens is 2. The fourth-order valence-corrected chi connectivity index (χ4v) is 5.81.